The van der Waals surface area contributed by atoms with Crippen molar-refractivity contribution in [2.45, 2.75) is 51.0 Å². The summed E-state index contributed by atoms with van der Waals surface area (Å²) in [5, 5.41) is 3.14. The molecule has 2 aromatic carbocycles. The molecule has 192 valence electrons. The van der Waals surface area contributed by atoms with Crippen molar-refractivity contribution in [2.75, 3.05) is 19.6 Å². The Labute approximate surface area is 218 Å². The standard InChI is InChI=1S/C31H35FN4O/c32-28-9-2-23(3-10-28)6-13-30(37)35-29-11-4-24(5-12-29)14-19-36-20-15-25-7-8-27(22-26(25)16-21-36)31-33-17-1-18-34-31/h1-3,6-10,13,17-18,22,24,29H,4-5,11-12,14-16,19-21H2,(H,35,37)/b13-6+. The Morgan fingerprint density at radius 3 is 2.46 bits per heavy atom. The molecule has 37 heavy (non-hydrogen) atoms. The summed E-state index contributed by atoms with van der Waals surface area (Å²) in [6.07, 6.45) is 14.7. The van der Waals surface area contributed by atoms with Gasteiger partial charge in [0, 0.05) is 43.2 Å². The van der Waals surface area contributed by atoms with Gasteiger partial charge in [-0.15, -0.1) is 0 Å². The van der Waals surface area contributed by atoms with Gasteiger partial charge < -0.3 is 10.2 Å². The average Bonchev–Trinajstić information content (AvgIpc) is 3.15. The summed E-state index contributed by atoms with van der Waals surface area (Å²) in [5.74, 6) is 1.18. The van der Waals surface area contributed by atoms with E-state index >= 15 is 0 Å². The van der Waals surface area contributed by atoms with Gasteiger partial charge in [0.05, 0.1) is 0 Å². The molecule has 2 heterocycles. The lowest BCUT2D eigenvalue weighted by Crippen LogP contribution is -2.37. The maximum absolute atomic E-state index is 13.0. The zero-order valence-electron chi connectivity index (χ0n) is 21.3. The molecule has 0 spiro atoms. The fraction of sp³-hybridized carbons (Fsp3) is 0.387. The summed E-state index contributed by atoms with van der Waals surface area (Å²) in [4.78, 5) is 23.7. The van der Waals surface area contributed by atoms with E-state index in [0.29, 0.717) is 0 Å². The molecule has 5 rings (SSSR count). The minimum absolute atomic E-state index is 0.0705. The Morgan fingerprint density at radius 1 is 0.973 bits per heavy atom. The van der Waals surface area contributed by atoms with Crippen molar-refractivity contribution in [3.8, 4) is 11.4 Å². The third kappa shape index (κ3) is 7.10. The van der Waals surface area contributed by atoms with Gasteiger partial charge in [-0.05, 0) is 104 Å². The number of hydrogen-bond donors (Lipinski definition) is 1. The van der Waals surface area contributed by atoms with Crippen LogP contribution in [0.4, 0.5) is 4.39 Å². The summed E-state index contributed by atoms with van der Waals surface area (Å²) < 4.78 is 13.0. The lowest BCUT2D eigenvalue weighted by molar-refractivity contribution is -0.117. The molecule has 1 N–H and O–H groups in total. The van der Waals surface area contributed by atoms with Crippen LogP contribution in [0.3, 0.4) is 0 Å². The number of aromatic nitrogens is 2. The van der Waals surface area contributed by atoms with E-state index in [4.69, 9.17) is 0 Å². The number of hydrogen-bond acceptors (Lipinski definition) is 4. The number of fused-ring (bicyclic) bond motifs is 1. The monoisotopic (exact) mass is 498 g/mol. The molecule has 1 saturated carbocycles. The molecule has 1 aromatic heterocycles. The first-order valence-corrected chi connectivity index (χ1v) is 13.5. The maximum atomic E-state index is 13.0. The Morgan fingerprint density at radius 2 is 1.70 bits per heavy atom. The number of nitrogens with zero attached hydrogens (tertiary/aromatic N) is 3. The molecular formula is C31H35FN4O. The van der Waals surface area contributed by atoms with Gasteiger partial charge in [0.1, 0.15) is 5.82 Å². The highest BCUT2D eigenvalue weighted by molar-refractivity contribution is 5.91. The molecule has 6 heteroatoms. The van der Waals surface area contributed by atoms with Crippen LogP contribution in [0.1, 0.15) is 48.8 Å². The summed E-state index contributed by atoms with van der Waals surface area (Å²) in [6.45, 7) is 3.35. The van der Waals surface area contributed by atoms with Gasteiger partial charge in [-0.3, -0.25) is 4.79 Å². The zero-order valence-corrected chi connectivity index (χ0v) is 21.3. The number of nitrogens with one attached hydrogen (secondary N) is 1. The molecule has 0 unspecified atom stereocenters. The highest BCUT2D eigenvalue weighted by Gasteiger charge is 2.23. The van der Waals surface area contributed by atoms with E-state index in [0.717, 1.165) is 68.2 Å². The van der Waals surface area contributed by atoms with Crippen molar-refractivity contribution in [3.05, 3.63) is 89.5 Å². The van der Waals surface area contributed by atoms with Crippen LogP contribution in [-0.2, 0) is 17.6 Å². The Bertz CT molecular complexity index is 1200. The van der Waals surface area contributed by atoms with Crippen LogP contribution in [0.15, 0.2) is 67.0 Å². The topological polar surface area (TPSA) is 58.1 Å². The van der Waals surface area contributed by atoms with Crippen molar-refractivity contribution in [2.24, 2.45) is 5.92 Å². The number of carbonyl (C=O) groups is 1. The first-order chi connectivity index (χ1) is 18.1. The quantitative estimate of drug-likeness (QED) is 0.440. The minimum atomic E-state index is -0.271. The van der Waals surface area contributed by atoms with Crippen molar-refractivity contribution in [1.82, 2.24) is 20.2 Å². The fourth-order valence-electron chi connectivity index (χ4n) is 5.54. The van der Waals surface area contributed by atoms with Crippen LogP contribution in [0.2, 0.25) is 0 Å². The van der Waals surface area contributed by atoms with Gasteiger partial charge in [-0.25, -0.2) is 14.4 Å². The molecule has 0 bridgehead atoms. The second-order valence-electron chi connectivity index (χ2n) is 10.3. The highest BCUT2D eigenvalue weighted by atomic mass is 19.1. The molecule has 2 aliphatic rings. The maximum Gasteiger partial charge on any atom is 0.244 e. The molecule has 3 aromatic rings. The van der Waals surface area contributed by atoms with Gasteiger partial charge in [0.15, 0.2) is 5.82 Å². The van der Waals surface area contributed by atoms with Gasteiger partial charge in [0.2, 0.25) is 5.91 Å². The smallest absolute Gasteiger partial charge is 0.244 e. The van der Waals surface area contributed by atoms with E-state index in [2.05, 4.69) is 38.4 Å². The molecule has 0 saturated heterocycles. The third-order valence-corrected chi connectivity index (χ3v) is 7.77. The summed E-state index contributed by atoms with van der Waals surface area (Å²) in [6, 6.07) is 14.9. The first-order valence-electron chi connectivity index (χ1n) is 13.5. The molecule has 1 aliphatic carbocycles. The zero-order chi connectivity index (χ0) is 25.5. The number of benzene rings is 2. The summed E-state index contributed by atoms with van der Waals surface area (Å²) in [5.41, 5.74) is 4.80. The predicted molar refractivity (Wildman–Crippen MR) is 145 cm³/mol. The second-order valence-corrected chi connectivity index (χ2v) is 10.3. The normalized spacial score (nSPS) is 20.4. The van der Waals surface area contributed by atoms with Crippen molar-refractivity contribution in [3.63, 3.8) is 0 Å². The van der Waals surface area contributed by atoms with Gasteiger partial charge in [-0.1, -0.05) is 24.3 Å². The van der Waals surface area contributed by atoms with E-state index in [1.165, 1.54) is 42.5 Å². The Hall–Kier alpha value is -3.38. The van der Waals surface area contributed by atoms with Crippen LogP contribution in [0.25, 0.3) is 17.5 Å². The average molecular weight is 499 g/mol. The van der Waals surface area contributed by atoms with Crippen LogP contribution in [0, 0.1) is 11.7 Å². The predicted octanol–water partition coefficient (Wildman–Crippen LogP) is 5.46. The van der Waals surface area contributed by atoms with Gasteiger partial charge in [0.25, 0.3) is 0 Å². The largest absolute Gasteiger partial charge is 0.350 e. The van der Waals surface area contributed by atoms with Gasteiger partial charge in [-0.2, -0.15) is 0 Å². The van der Waals surface area contributed by atoms with Crippen molar-refractivity contribution in [1.29, 1.82) is 0 Å². The summed E-state index contributed by atoms with van der Waals surface area (Å²) >= 11 is 0. The number of carbonyl (C=O) groups excluding carboxylic acids is 1. The SMILES string of the molecule is O=C(/C=C/c1ccc(F)cc1)NC1CCC(CCN2CCc3ccc(-c4ncccn4)cc3CC2)CC1. The van der Waals surface area contributed by atoms with Crippen LogP contribution in [0.5, 0.6) is 0 Å². The molecule has 5 nitrogen and oxygen atoms in total. The lowest BCUT2D eigenvalue weighted by atomic mass is 9.84. The third-order valence-electron chi connectivity index (χ3n) is 7.77. The van der Waals surface area contributed by atoms with Crippen LogP contribution in [-0.4, -0.2) is 46.5 Å². The van der Waals surface area contributed by atoms with Crippen molar-refractivity contribution >= 4 is 12.0 Å². The number of halogens is 1. The second kappa shape index (κ2) is 12.2. The van der Waals surface area contributed by atoms with E-state index in [-0.39, 0.29) is 17.8 Å². The first kappa shape index (κ1) is 25.3. The van der Waals surface area contributed by atoms with Gasteiger partial charge >= 0.3 is 0 Å². The molecule has 1 fully saturated rings. The van der Waals surface area contributed by atoms with E-state index in [9.17, 15) is 9.18 Å². The van der Waals surface area contributed by atoms with Crippen molar-refractivity contribution < 1.29 is 9.18 Å². The highest BCUT2D eigenvalue weighted by Crippen LogP contribution is 2.28. The molecular weight excluding hydrogens is 463 g/mol. The van der Waals surface area contributed by atoms with E-state index < -0.39 is 0 Å². The minimum Gasteiger partial charge on any atom is -0.350 e. The molecule has 0 atom stereocenters. The fourth-order valence-corrected chi connectivity index (χ4v) is 5.54. The molecule has 0 radical (unpaired) electrons. The molecule has 1 amide bonds. The molecule has 1 aliphatic heterocycles. The number of amides is 1. The van der Waals surface area contributed by atoms with E-state index in [1.807, 2.05) is 6.07 Å². The Balaban J connectivity index is 1.03. The van der Waals surface area contributed by atoms with Crippen LogP contribution < -0.4 is 5.32 Å². The van der Waals surface area contributed by atoms with Crippen LogP contribution >= 0.6 is 0 Å². The van der Waals surface area contributed by atoms with E-state index in [1.54, 1.807) is 36.7 Å². The Kier molecular flexibility index (Phi) is 8.36. The lowest BCUT2D eigenvalue weighted by Gasteiger charge is -2.30. The number of rotatable bonds is 7. The summed E-state index contributed by atoms with van der Waals surface area (Å²) in [7, 11) is 0.